The molecule has 0 saturated carbocycles. The number of imide groups is 2. The number of fused-ring (bicyclic) bond motifs is 2. The van der Waals surface area contributed by atoms with Crippen LogP contribution in [-0.2, 0) is 0 Å². The Bertz CT molecular complexity index is 3710. The van der Waals surface area contributed by atoms with Gasteiger partial charge in [0.1, 0.15) is 23.0 Å². The minimum absolute atomic E-state index is 0.00377. The Labute approximate surface area is 471 Å². The number of anilines is 2. The van der Waals surface area contributed by atoms with Crippen LogP contribution in [-0.4, -0.2) is 23.6 Å². The average molecular weight is 1060 g/mol. The first-order valence-corrected chi connectivity index (χ1v) is 29.0. The maximum atomic E-state index is 16.0. The van der Waals surface area contributed by atoms with Crippen molar-refractivity contribution in [2.75, 3.05) is 9.80 Å². The summed E-state index contributed by atoms with van der Waals surface area (Å²) in [5.41, 5.74) is 10.4. The van der Waals surface area contributed by atoms with Gasteiger partial charge in [0.2, 0.25) is 0 Å². The van der Waals surface area contributed by atoms with Gasteiger partial charge in [-0.05, 0) is 127 Å². The Hall–Kier alpha value is -7.84. The number of nitrogens with zero attached hydrogens (tertiary/aromatic N) is 2. The molecule has 0 aromatic heterocycles. The molecule has 0 radical (unpaired) electrons. The number of rotatable bonds is 14. The van der Waals surface area contributed by atoms with E-state index in [-0.39, 0.29) is 47.3 Å². The monoisotopic (exact) mass is 1060 g/mol. The maximum Gasteiger partial charge on any atom is 0.266 e. The lowest BCUT2D eigenvalue weighted by Gasteiger charge is -2.34. The van der Waals surface area contributed by atoms with Gasteiger partial charge in [-0.15, -0.1) is 0 Å². The van der Waals surface area contributed by atoms with Crippen molar-refractivity contribution in [3.8, 4) is 23.0 Å². The fraction of sp³-hybridized carbons (Fsp3) is 0.333. The lowest BCUT2D eigenvalue weighted by molar-refractivity contribution is 0.0877. The molecule has 0 spiro atoms. The molecule has 0 atom stereocenters. The van der Waals surface area contributed by atoms with Crippen molar-refractivity contribution < 1.29 is 28.7 Å². The van der Waals surface area contributed by atoms with Gasteiger partial charge in [0.15, 0.2) is 0 Å². The zero-order valence-corrected chi connectivity index (χ0v) is 49.4. The fourth-order valence-corrected chi connectivity index (χ4v) is 12.9. The normalized spacial score (nSPS) is 13.9. The molecule has 0 fully saturated rings. The van der Waals surface area contributed by atoms with Crippen molar-refractivity contribution in [1.29, 1.82) is 0 Å². The van der Waals surface area contributed by atoms with Gasteiger partial charge < -0.3 is 9.47 Å². The van der Waals surface area contributed by atoms with Crippen LogP contribution in [0.3, 0.4) is 0 Å². The van der Waals surface area contributed by atoms with Crippen LogP contribution < -0.4 is 19.3 Å². The average Bonchev–Trinajstić information content (AvgIpc) is 2.85. The van der Waals surface area contributed by atoms with Crippen LogP contribution >= 0.6 is 0 Å². The highest BCUT2D eigenvalue weighted by Crippen LogP contribution is 2.55. The van der Waals surface area contributed by atoms with E-state index >= 15 is 19.2 Å². The summed E-state index contributed by atoms with van der Waals surface area (Å²) in [5.74, 6) is 0.880. The fourth-order valence-electron chi connectivity index (χ4n) is 12.9. The van der Waals surface area contributed by atoms with E-state index in [0.29, 0.717) is 99.7 Å². The van der Waals surface area contributed by atoms with Gasteiger partial charge in [0.05, 0.1) is 22.5 Å². The zero-order chi connectivity index (χ0) is 57.2. The largest absolute Gasteiger partial charge is 0.456 e. The van der Waals surface area contributed by atoms with Crippen LogP contribution in [0, 0.1) is 0 Å². The summed E-state index contributed by atoms with van der Waals surface area (Å²) in [4.78, 5) is 66.3. The first-order valence-electron chi connectivity index (χ1n) is 29.0. The smallest absolute Gasteiger partial charge is 0.266 e. The summed E-state index contributed by atoms with van der Waals surface area (Å²) < 4.78 is 15.1. The molecule has 0 aliphatic carbocycles. The molecule has 0 N–H and O–H groups in total. The van der Waals surface area contributed by atoms with Gasteiger partial charge in [-0.25, -0.2) is 9.80 Å². The van der Waals surface area contributed by atoms with Gasteiger partial charge in [0, 0.05) is 43.4 Å². The molecule has 4 amide bonds. The topological polar surface area (TPSA) is 93.2 Å². The number of carbonyl (C=O) groups is 4. The van der Waals surface area contributed by atoms with Crippen molar-refractivity contribution in [3.63, 3.8) is 0 Å². The summed E-state index contributed by atoms with van der Waals surface area (Å²) in [6.07, 6.45) is 0. The van der Waals surface area contributed by atoms with Crippen molar-refractivity contribution in [1.82, 2.24) is 0 Å². The highest BCUT2D eigenvalue weighted by Gasteiger charge is 2.43. The molecule has 0 unspecified atom stereocenters. The summed E-state index contributed by atoms with van der Waals surface area (Å²) in [5, 5.41) is 5.08. The molecular weight excluding hydrogens is 989 g/mol. The standard InChI is InChI=1S/C72H74N2O6/c1-35(2)43-21-17-22-44(36(3)4)65(43)73-69(75)53-31-29-51-62-58(80-68-49(41(13)14)27-20-28-50(68)42(15)16)34-56-60-54(70(76)74(72(56)78)66-45(37(5)6)23-18-24-46(66)38(7)8)32-30-52(64(60)62)61-57(33-55(71(73)77)59(53)63(51)61)79-67-47(39(9)10)25-19-26-48(67)40(11)12/h17-42H,1-16H3. The van der Waals surface area contributed by atoms with E-state index < -0.39 is 23.6 Å². The molecule has 8 heteroatoms. The van der Waals surface area contributed by atoms with Crippen molar-refractivity contribution >= 4 is 78.1 Å². The van der Waals surface area contributed by atoms with Gasteiger partial charge in [-0.2, -0.15) is 0 Å². The van der Waals surface area contributed by atoms with Crippen LogP contribution in [0.1, 0.15) is 244 Å². The number of benzene rings is 9. The quantitative estimate of drug-likeness (QED) is 0.0612. The highest BCUT2D eigenvalue weighted by atomic mass is 16.5. The number of amides is 4. The molecule has 0 bridgehead atoms. The van der Waals surface area contributed by atoms with Crippen molar-refractivity contribution in [2.45, 2.75) is 158 Å². The van der Waals surface area contributed by atoms with Crippen molar-refractivity contribution in [2.24, 2.45) is 0 Å². The Balaban J connectivity index is 1.32. The SMILES string of the molecule is CC(C)c1cccc(C(C)C)c1Oc1cc2c3c(ccc4c5c(Oc6c(C(C)C)cccc6C(C)C)cc6c7c(ccc(c1c34)c75)C(=O)N(c1c(C(C)C)cccc1C(C)C)C6=O)C(=O)N(c1c(C(C)C)cccc1C(C)C)C2=O. The van der Waals surface area contributed by atoms with Crippen molar-refractivity contribution in [3.05, 3.63) is 176 Å². The first kappa shape index (κ1) is 54.1. The number of hydrogen-bond acceptors (Lipinski definition) is 6. The predicted molar refractivity (Wildman–Crippen MR) is 329 cm³/mol. The molecule has 2 aliphatic heterocycles. The van der Waals surface area contributed by atoms with Crippen LogP contribution in [0.5, 0.6) is 23.0 Å². The summed E-state index contributed by atoms with van der Waals surface area (Å²) >= 11 is 0. The number of carbonyl (C=O) groups excluding carboxylic acids is 4. The highest BCUT2D eigenvalue weighted by molar-refractivity contribution is 6.47. The Morgan fingerprint density at radius 3 is 0.800 bits per heavy atom. The molecule has 2 aliphatic rings. The van der Waals surface area contributed by atoms with Crippen LogP contribution in [0.4, 0.5) is 11.4 Å². The van der Waals surface area contributed by atoms with Crippen LogP contribution in [0.15, 0.2) is 109 Å². The van der Waals surface area contributed by atoms with E-state index in [1.807, 2.05) is 72.8 Å². The molecular formula is C72H74N2O6. The summed E-state index contributed by atoms with van der Waals surface area (Å²) in [7, 11) is 0. The second kappa shape index (κ2) is 20.1. The van der Waals surface area contributed by atoms with Crippen LogP contribution in [0.2, 0.25) is 0 Å². The Morgan fingerprint density at radius 2 is 0.537 bits per heavy atom. The summed E-state index contributed by atoms with van der Waals surface area (Å²) in [6, 6.07) is 36.0. The Morgan fingerprint density at radius 1 is 0.287 bits per heavy atom. The molecule has 9 aromatic carbocycles. The molecule has 8 nitrogen and oxygen atoms in total. The van der Waals surface area contributed by atoms with E-state index in [2.05, 4.69) is 147 Å². The first-order chi connectivity index (χ1) is 38.0. The number of hydrogen-bond donors (Lipinski definition) is 0. The number of ether oxygens (including phenoxy) is 2. The second-order valence-electron chi connectivity index (χ2n) is 24.9. The van der Waals surface area contributed by atoms with E-state index in [9.17, 15) is 0 Å². The number of para-hydroxylation sites is 4. The van der Waals surface area contributed by atoms with Gasteiger partial charge in [-0.3, -0.25) is 19.2 Å². The lowest BCUT2D eigenvalue weighted by Crippen LogP contribution is -2.42. The maximum absolute atomic E-state index is 16.0. The molecule has 408 valence electrons. The Kier molecular flexibility index (Phi) is 13.6. The van der Waals surface area contributed by atoms with E-state index in [1.54, 1.807) is 0 Å². The second-order valence-corrected chi connectivity index (χ2v) is 24.9. The lowest BCUT2D eigenvalue weighted by atomic mass is 9.80. The third-order valence-electron chi connectivity index (χ3n) is 17.0. The molecule has 9 aromatic rings. The molecule has 0 saturated heterocycles. The van der Waals surface area contributed by atoms with E-state index in [0.717, 1.165) is 44.5 Å². The van der Waals surface area contributed by atoms with Crippen LogP contribution in [0.25, 0.3) is 43.1 Å². The summed E-state index contributed by atoms with van der Waals surface area (Å²) in [6.45, 7) is 34.0. The third kappa shape index (κ3) is 8.21. The molecule has 11 rings (SSSR count). The predicted octanol–water partition coefficient (Wildman–Crippen LogP) is 19.9. The third-order valence-corrected chi connectivity index (χ3v) is 17.0. The zero-order valence-electron chi connectivity index (χ0n) is 49.4. The van der Waals surface area contributed by atoms with E-state index in [1.165, 1.54) is 9.80 Å². The molecule has 80 heavy (non-hydrogen) atoms. The minimum atomic E-state index is -0.439. The minimum Gasteiger partial charge on any atom is -0.456 e. The van der Waals surface area contributed by atoms with Gasteiger partial charge in [0.25, 0.3) is 23.6 Å². The van der Waals surface area contributed by atoms with E-state index in [4.69, 9.17) is 9.47 Å². The van der Waals surface area contributed by atoms with Gasteiger partial charge >= 0.3 is 0 Å². The molecule has 2 heterocycles. The van der Waals surface area contributed by atoms with Gasteiger partial charge in [-0.1, -0.05) is 196 Å².